The van der Waals surface area contributed by atoms with Crippen LogP contribution in [0.2, 0.25) is 0 Å². The van der Waals surface area contributed by atoms with Crippen molar-refractivity contribution in [3.63, 3.8) is 0 Å². The second kappa shape index (κ2) is 5.85. The zero-order valence-corrected chi connectivity index (χ0v) is 13.7. The van der Waals surface area contributed by atoms with E-state index in [1.165, 1.54) is 12.0 Å². The van der Waals surface area contributed by atoms with Crippen LogP contribution in [0.3, 0.4) is 0 Å². The van der Waals surface area contributed by atoms with E-state index >= 15 is 0 Å². The van der Waals surface area contributed by atoms with Crippen molar-refractivity contribution in [2.24, 2.45) is 5.73 Å². The zero-order valence-electron chi connectivity index (χ0n) is 13.7. The molecule has 2 N–H and O–H groups in total. The molecule has 4 rings (SSSR count). The van der Waals surface area contributed by atoms with Crippen molar-refractivity contribution in [1.29, 1.82) is 0 Å². The molecule has 2 aromatic rings. The van der Waals surface area contributed by atoms with Gasteiger partial charge in [0.15, 0.2) is 0 Å². The Labute approximate surface area is 139 Å². The lowest BCUT2D eigenvalue weighted by atomic mass is 9.96. The second-order valence-corrected chi connectivity index (χ2v) is 6.40. The number of carbonyl (C=O) groups is 1. The number of carbonyl (C=O) groups excluding carboxylic acids is 1. The Morgan fingerprint density at radius 3 is 2.83 bits per heavy atom. The maximum absolute atomic E-state index is 11.2. The van der Waals surface area contributed by atoms with Crippen LogP contribution < -0.4 is 10.6 Å². The topological polar surface area (TPSA) is 111 Å². The fourth-order valence-electron chi connectivity index (χ4n) is 3.68. The summed E-state index contributed by atoms with van der Waals surface area (Å²) < 4.78 is 5.29. The van der Waals surface area contributed by atoms with Gasteiger partial charge in [0.1, 0.15) is 17.7 Å². The van der Waals surface area contributed by atoms with Crippen molar-refractivity contribution >= 4 is 11.7 Å². The van der Waals surface area contributed by atoms with E-state index in [0.29, 0.717) is 5.89 Å². The average molecular weight is 328 g/mol. The van der Waals surface area contributed by atoms with E-state index in [1.807, 2.05) is 6.92 Å². The SMILES string of the molecule is Cc1nc2c(c(N3CCC[C@@H]3c3nc(C(N)=O)no3)n1)CCCC2. The number of hydrogen-bond acceptors (Lipinski definition) is 7. The highest BCUT2D eigenvalue weighted by atomic mass is 16.5. The number of amides is 1. The summed E-state index contributed by atoms with van der Waals surface area (Å²) in [5.74, 6) is 1.46. The Balaban J connectivity index is 1.72. The molecule has 126 valence electrons. The molecule has 3 heterocycles. The third-order valence-corrected chi connectivity index (χ3v) is 4.75. The molecule has 8 nitrogen and oxygen atoms in total. The van der Waals surface area contributed by atoms with Gasteiger partial charge < -0.3 is 15.2 Å². The van der Waals surface area contributed by atoms with Crippen LogP contribution in [0.5, 0.6) is 0 Å². The Morgan fingerprint density at radius 2 is 2.04 bits per heavy atom. The number of hydrogen-bond donors (Lipinski definition) is 1. The molecule has 0 spiro atoms. The molecule has 0 unspecified atom stereocenters. The molecule has 0 saturated carbocycles. The van der Waals surface area contributed by atoms with E-state index in [4.69, 9.17) is 15.2 Å². The minimum Gasteiger partial charge on any atom is -0.363 e. The van der Waals surface area contributed by atoms with E-state index in [1.54, 1.807) is 0 Å². The van der Waals surface area contributed by atoms with Crippen molar-refractivity contribution < 1.29 is 9.32 Å². The fourth-order valence-corrected chi connectivity index (χ4v) is 3.68. The number of nitrogens with two attached hydrogens (primary N) is 1. The molecule has 0 aromatic carbocycles. The van der Waals surface area contributed by atoms with Gasteiger partial charge in [-0.25, -0.2) is 9.97 Å². The van der Waals surface area contributed by atoms with Gasteiger partial charge >= 0.3 is 0 Å². The Kier molecular flexibility index (Phi) is 3.66. The largest absolute Gasteiger partial charge is 0.363 e. The van der Waals surface area contributed by atoms with E-state index in [0.717, 1.165) is 56.0 Å². The monoisotopic (exact) mass is 328 g/mol. The Morgan fingerprint density at radius 1 is 1.21 bits per heavy atom. The highest BCUT2D eigenvalue weighted by molar-refractivity contribution is 5.88. The molecule has 2 aromatic heterocycles. The minimum absolute atomic E-state index is 0.0640. The number of aryl methyl sites for hydroxylation is 2. The zero-order chi connectivity index (χ0) is 16.7. The number of rotatable bonds is 3. The highest BCUT2D eigenvalue weighted by Crippen LogP contribution is 2.38. The molecule has 0 radical (unpaired) electrons. The lowest BCUT2D eigenvalue weighted by molar-refractivity contribution is 0.0987. The third-order valence-electron chi connectivity index (χ3n) is 4.75. The molecule has 1 fully saturated rings. The van der Waals surface area contributed by atoms with Crippen LogP contribution in [0.1, 0.15) is 65.3 Å². The molecule has 0 bridgehead atoms. The predicted octanol–water partition coefficient (Wildman–Crippen LogP) is 1.49. The average Bonchev–Trinajstić information content (AvgIpc) is 3.22. The van der Waals surface area contributed by atoms with Crippen LogP contribution in [0.4, 0.5) is 5.82 Å². The first kappa shape index (κ1) is 15.0. The van der Waals surface area contributed by atoms with E-state index in [-0.39, 0.29) is 11.9 Å². The predicted molar refractivity (Wildman–Crippen MR) is 85.5 cm³/mol. The molecule has 8 heteroatoms. The van der Waals surface area contributed by atoms with Crippen molar-refractivity contribution in [2.75, 3.05) is 11.4 Å². The molecule has 2 aliphatic rings. The van der Waals surface area contributed by atoms with E-state index < -0.39 is 5.91 Å². The summed E-state index contributed by atoms with van der Waals surface area (Å²) >= 11 is 0. The molecule has 1 aliphatic heterocycles. The fraction of sp³-hybridized carbons (Fsp3) is 0.562. The number of aromatic nitrogens is 4. The maximum Gasteiger partial charge on any atom is 0.290 e. The van der Waals surface area contributed by atoms with Crippen molar-refractivity contribution in [3.05, 3.63) is 28.8 Å². The lowest BCUT2D eigenvalue weighted by Crippen LogP contribution is -2.27. The van der Waals surface area contributed by atoms with Crippen molar-refractivity contribution in [3.8, 4) is 0 Å². The van der Waals surface area contributed by atoms with Gasteiger partial charge in [0.2, 0.25) is 5.89 Å². The summed E-state index contributed by atoms with van der Waals surface area (Å²) in [6.07, 6.45) is 6.26. The minimum atomic E-state index is -0.676. The molecule has 1 aliphatic carbocycles. The Bertz CT molecular complexity index is 787. The van der Waals surface area contributed by atoms with Gasteiger partial charge in [-0.05, 0) is 45.4 Å². The number of nitrogens with zero attached hydrogens (tertiary/aromatic N) is 5. The molecular weight excluding hydrogens is 308 g/mol. The van der Waals surface area contributed by atoms with E-state index in [2.05, 4.69) is 20.0 Å². The van der Waals surface area contributed by atoms with Crippen molar-refractivity contribution in [1.82, 2.24) is 20.1 Å². The van der Waals surface area contributed by atoms with Gasteiger partial charge in [-0.15, -0.1) is 0 Å². The number of anilines is 1. The van der Waals surface area contributed by atoms with Crippen LogP contribution in [0.25, 0.3) is 0 Å². The Hall–Kier alpha value is -2.51. The molecular formula is C16H20N6O2. The summed E-state index contributed by atoms with van der Waals surface area (Å²) in [7, 11) is 0. The first-order valence-corrected chi connectivity index (χ1v) is 8.40. The summed E-state index contributed by atoms with van der Waals surface area (Å²) in [5, 5.41) is 3.67. The lowest BCUT2D eigenvalue weighted by Gasteiger charge is -2.28. The van der Waals surface area contributed by atoms with Gasteiger partial charge in [0, 0.05) is 17.8 Å². The first-order chi connectivity index (χ1) is 11.6. The number of fused-ring (bicyclic) bond motifs is 1. The van der Waals surface area contributed by atoms with Crippen LogP contribution in [0, 0.1) is 6.92 Å². The highest BCUT2D eigenvalue weighted by Gasteiger charge is 2.34. The third kappa shape index (κ3) is 2.51. The molecule has 1 saturated heterocycles. The summed E-state index contributed by atoms with van der Waals surface area (Å²) in [6, 6.07) is -0.0640. The summed E-state index contributed by atoms with van der Waals surface area (Å²) in [5.41, 5.74) is 7.63. The van der Waals surface area contributed by atoms with Gasteiger partial charge in [-0.3, -0.25) is 4.79 Å². The standard InChI is InChI=1S/C16H20N6O2/c1-9-18-11-6-3-2-5-10(11)15(19-9)22-8-4-7-12(22)16-20-14(13(17)23)21-24-16/h12H,2-8H2,1H3,(H2,17,23)/t12-/m1/s1. The normalized spacial score (nSPS) is 20.2. The van der Waals surface area contributed by atoms with Crippen LogP contribution in [-0.2, 0) is 12.8 Å². The van der Waals surface area contributed by atoms with Gasteiger partial charge in [-0.2, -0.15) is 4.98 Å². The maximum atomic E-state index is 11.2. The number of primary amides is 1. The summed E-state index contributed by atoms with van der Waals surface area (Å²) in [6.45, 7) is 2.81. The van der Waals surface area contributed by atoms with Crippen LogP contribution in [0.15, 0.2) is 4.52 Å². The molecule has 24 heavy (non-hydrogen) atoms. The smallest absolute Gasteiger partial charge is 0.290 e. The van der Waals surface area contributed by atoms with Crippen LogP contribution in [-0.4, -0.2) is 32.6 Å². The second-order valence-electron chi connectivity index (χ2n) is 6.40. The first-order valence-electron chi connectivity index (χ1n) is 8.40. The quantitative estimate of drug-likeness (QED) is 0.908. The van der Waals surface area contributed by atoms with E-state index in [9.17, 15) is 4.79 Å². The van der Waals surface area contributed by atoms with Gasteiger partial charge in [0.05, 0.1) is 0 Å². The molecule has 1 atom stereocenters. The van der Waals surface area contributed by atoms with Crippen LogP contribution >= 0.6 is 0 Å². The molecule has 1 amide bonds. The van der Waals surface area contributed by atoms with Gasteiger partial charge in [0.25, 0.3) is 11.7 Å². The van der Waals surface area contributed by atoms with Crippen molar-refractivity contribution in [2.45, 2.75) is 51.5 Å². The summed E-state index contributed by atoms with van der Waals surface area (Å²) in [4.78, 5) is 26.9. The van der Waals surface area contributed by atoms with Gasteiger partial charge in [-0.1, -0.05) is 5.16 Å².